The number of benzene rings is 1. The first-order valence-corrected chi connectivity index (χ1v) is 9.06. The molecule has 1 N–H and O–H groups in total. The molecule has 3 amide bonds. The predicted molar refractivity (Wildman–Crippen MR) is 96.0 cm³/mol. The van der Waals surface area contributed by atoms with E-state index in [4.69, 9.17) is 0 Å². The Labute approximate surface area is 153 Å². The molecule has 1 aromatic rings. The molecule has 1 heterocycles. The van der Waals surface area contributed by atoms with Crippen LogP contribution in [0.1, 0.15) is 37.0 Å². The number of amides is 3. The van der Waals surface area contributed by atoms with Crippen LogP contribution < -0.4 is 5.32 Å². The van der Waals surface area contributed by atoms with Gasteiger partial charge in [0.2, 0.25) is 11.8 Å². The minimum atomic E-state index is -0.391. The van der Waals surface area contributed by atoms with Crippen molar-refractivity contribution in [1.29, 1.82) is 0 Å². The number of piperidine rings is 1. The SMILES string of the molecule is CCNC(=O)CN(CC)C(=O)C1CCCN(C(=O)c2ccc(F)cc2)C1. The highest BCUT2D eigenvalue weighted by molar-refractivity contribution is 5.95. The standard InChI is InChI=1S/C19H26FN3O3/c1-3-21-17(24)13-22(4-2)19(26)15-6-5-11-23(12-15)18(25)14-7-9-16(20)10-8-14/h7-10,15H,3-6,11-13H2,1-2H3,(H,21,24). The molecule has 1 aromatic carbocycles. The zero-order chi connectivity index (χ0) is 19.1. The van der Waals surface area contributed by atoms with Gasteiger partial charge in [-0.25, -0.2) is 4.39 Å². The number of hydrogen-bond acceptors (Lipinski definition) is 3. The van der Waals surface area contributed by atoms with E-state index in [0.29, 0.717) is 38.2 Å². The number of hydrogen-bond donors (Lipinski definition) is 1. The number of carbonyl (C=O) groups excluding carboxylic acids is 3. The molecule has 1 atom stereocenters. The summed E-state index contributed by atoms with van der Waals surface area (Å²) < 4.78 is 13.0. The van der Waals surface area contributed by atoms with Crippen LogP contribution in [-0.4, -0.2) is 60.2 Å². The highest BCUT2D eigenvalue weighted by atomic mass is 19.1. The van der Waals surface area contributed by atoms with Crippen molar-refractivity contribution in [3.05, 3.63) is 35.6 Å². The maximum atomic E-state index is 13.0. The molecule has 0 radical (unpaired) electrons. The lowest BCUT2D eigenvalue weighted by molar-refractivity contribution is -0.140. The Morgan fingerprint density at radius 2 is 1.92 bits per heavy atom. The van der Waals surface area contributed by atoms with Crippen molar-refractivity contribution >= 4 is 17.7 Å². The van der Waals surface area contributed by atoms with Gasteiger partial charge >= 0.3 is 0 Å². The van der Waals surface area contributed by atoms with E-state index in [2.05, 4.69) is 5.32 Å². The average Bonchev–Trinajstić information content (AvgIpc) is 2.66. The van der Waals surface area contributed by atoms with Crippen molar-refractivity contribution in [2.45, 2.75) is 26.7 Å². The molecule has 26 heavy (non-hydrogen) atoms. The monoisotopic (exact) mass is 363 g/mol. The van der Waals surface area contributed by atoms with E-state index in [1.807, 2.05) is 13.8 Å². The van der Waals surface area contributed by atoms with Crippen molar-refractivity contribution in [2.24, 2.45) is 5.92 Å². The summed E-state index contributed by atoms with van der Waals surface area (Å²) in [6.07, 6.45) is 1.42. The summed E-state index contributed by atoms with van der Waals surface area (Å²) in [5, 5.41) is 2.69. The summed E-state index contributed by atoms with van der Waals surface area (Å²) in [5.74, 6) is -1.19. The molecule has 1 saturated heterocycles. The molecular formula is C19H26FN3O3. The third-order valence-electron chi connectivity index (χ3n) is 4.55. The molecule has 0 aromatic heterocycles. The molecule has 1 aliphatic rings. The van der Waals surface area contributed by atoms with Crippen molar-refractivity contribution < 1.29 is 18.8 Å². The van der Waals surface area contributed by atoms with E-state index in [-0.39, 0.29) is 30.2 Å². The molecule has 0 saturated carbocycles. The van der Waals surface area contributed by atoms with Crippen LogP contribution in [0, 0.1) is 11.7 Å². The smallest absolute Gasteiger partial charge is 0.253 e. The van der Waals surface area contributed by atoms with Crippen molar-refractivity contribution in [3.63, 3.8) is 0 Å². The maximum Gasteiger partial charge on any atom is 0.253 e. The molecule has 142 valence electrons. The fraction of sp³-hybridized carbons (Fsp3) is 0.526. The van der Waals surface area contributed by atoms with Crippen LogP contribution in [0.5, 0.6) is 0 Å². The van der Waals surface area contributed by atoms with Gasteiger partial charge in [-0.2, -0.15) is 0 Å². The molecule has 0 aliphatic carbocycles. The fourth-order valence-corrected chi connectivity index (χ4v) is 3.17. The summed E-state index contributed by atoms with van der Waals surface area (Å²) in [6.45, 7) is 5.55. The first-order valence-electron chi connectivity index (χ1n) is 9.06. The van der Waals surface area contributed by atoms with E-state index in [1.54, 1.807) is 4.90 Å². The Balaban J connectivity index is 2.01. The quantitative estimate of drug-likeness (QED) is 0.836. The Kier molecular flexibility index (Phi) is 7.12. The second kappa shape index (κ2) is 9.31. The Morgan fingerprint density at radius 3 is 2.54 bits per heavy atom. The Morgan fingerprint density at radius 1 is 1.23 bits per heavy atom. The van der Waals surface area contributed by atoms with Crippen LogP contribution in [0.3, 0.4) is 0 Å². The van der Waals surface area contributed by atoms with Crippen LogP contribution in [-0.2, 0) is 9.59 Å². The van der Waals surface area contributed by atoms with E-state index < -0.39 is 5.82 Å². The summed E-state index contributed by atoms with van der Waals surface area (Å²) in [6, 6.07) is 5.42. The van der Waals surface area contributed by atoms with Crippen LogP contribution in [0.4, 0.5) is 4.39 Å². The molecule has 0 spiro atoms. The minimum Gasteiger partial charge on any atom is -0.355 e. The van der Waals surface area contributed by atoms with Crippen molar-refractivity contribution in [3.8, 4) is 0 Å². The maximum absolute atomic E-state index is 13.0. The van der Waals surface area contributed by atoms with Gasteiger partial charge in [0, 0.05) is 31.7 Å². The summed E-state index contributed by atoms with van der Waals surface area (Å²) in [4.78, 5) is 40.3. The first-order chi connectivity index (χ1) is 12.5. The second-order valence-electron chi connectivity index (χ2n) is 6.40. The topological polar surface area (TPSA) is 69.7 Å². The molecule has 2 rings (SSSR count). The molecule has 7 heteroatoms. The minimum absolute atomic E-state index is 0.0333. The third-order valence-corrected chi connectivity index (χ3v) is 4.55. The van der Waals surface area contributed by atoms with Gasteiger partial charge < -0.3 is 15.1 Å². The summed E-state index contributed by atoms with van der Waals surface area (Å²) >= 11 is 0. The lowest BCUT2D eigenvalue weighted by Crippen LogP contribution is -2.49. The number of likely N-dealkylation sites (tertiary alicyclic amines) is 1. The van der Waals surface area contributed by atoms with Crippen LogP contribution in [0.2, 0.25) is 0 Å². The average molecular weight is 363 g/mol. The van der Waals surface area contributed by atoms with E-state index in [0.717, 1.165) is 6.42 Å². The van der Waals surface area contributed by atoms with E-state index >= 15 is 0 Å². The number of rotatable bonds is 6. The van der Waals surface area contributed by atoms with Crippen LogP contribution in [0.15, 0.2) is 24.3 Å². The molecule has 1 aliphatic heterocycles. The zero-order valence-corrected chi connectivity index (χ0v) is 15.3. The predicted octanol–water partition coefficient (Wildman–Crippen LogP) is 1.66. The van der Waals surface area contributed by atoms with Gasteiger partial charge in [0.05, 0.1) is 12.5 Å². The van der Waals surface area contributed by atoms with Gasteiger partial charge in [-0.05, 0) is 51.0 Å². The number of nitrogens with one attached hydrogen (secondary N) is 1. The number of carbonyl (C=O) groups is 3. The van der Waals surface area contributed by atoms with Crippen molar-refractivity contribution in [2.75, 3.05) is 32.7 Å². The molecule has 6 nitrogen and oxygen atoms in total. The molecule has 1 unspecified atom stereocenters. The van der Waals surface area contributed by atoms with E-state index in [9.17, 15) is 18.8 Å². The Hall–Kier alpha value is -2.44. The number of halogens is 1. The highest BCUT2D eigenvalue weighted by Crippen LogP contribution is 2.21. The molecule has 0 bridgehead atoms. The summed E-state index contributed by atoms with van der Waals surface area (Å²) in [5.41, 5.74) is 0.411. The first kappa shape index (κ1) is 19.9. The lowest BCUT2D eigenvalue weighted by atomic mass is 9.95. The normalized spacial score (nSPS) is 16.9. The number of nitrogens with zero attached hydrogens (tertiary/aromatic N) is 2. The number of likely N-dealkylation sites (N-methyl/N-ethyl adjacent to an activating group) is 2. The van der Waals surface area contributed by atoms with E-state index in [1.165, 1.54) is 29.2 Å². The fourth-order valence-electron chi connectivity index (χ4n) is 3.17. The van der Waals surface area contributed by atoms with Gasteiger partial charge in [0.25, 0.3) is 5.91 Å². The van der Waals surface area contributed by atoms with Gasteiger partial charge in [-0.15, -0.1) is 0 Å². The van der Waals surface area contributed by atoms with Gasteiger partial charge in [-0.1, -0.05) is 0 Å². The van der Waals surface area contributed by atoms with Gasteiger partial charge in [0.1, 0.15) is 5.82 Å². The Bertz CT molecular complexity index is 648. The second-order valence-corrected chi connectivity index (χ2v) is 6.40. The third kappa shape index (κ3) is 5.03. The van der Waals surface area contributed by atoms with Gasteiger partial charge in [-0.3, -0.25) is 14.4 Å². The van der Waals surface area contributed by atoms with Crippen LogP contribution >= 0.6 is 0 Å². The zero-order valence-electron chi connectivity index (χ0n) is 15.3. The van der Waals surface area contributed by atoms with Crippen molar-refractivity contribution in [1.82, 2.24) is 15.1 Å². The van der Waals surface area contributed by atoms with Crippen LogP contribution in [0.25, 0.3) is 0 Å². The summed E-state index contributed by atoms with van der Waals surface area (Å²) in [7, 11) is 0. The highest BCUT2D eigenvalue weighted by Gasteiger charge is 2.31. The molecular weight excluding hydrogens is 337 g/mol. The van der Waals surface area contributed by atoms with Gasteiger partial charge in [0.15, 0.2) is 0 Å². The molecule has 1 fully saturated rings. The largest absolute Gasteiger partial charge is 0.355 e. The lowest BCUT2D eigenvalue weighted by Gasteiger charge is -2.34.